The van der Waals surface area contributed by atoms with Crippen LogP contribution >= 0.6 is 12.4 Å². The lowest BCUT2D eigenvalue weighted by Crippen LogP contribution is -2.39. The van der Waals surface area contributed by atoms with E-state index in [1.54, 1.807) is 0 Å². The van der Waals surface area contributed by atoms with Crippen LogP contribution in [0.15, 0.2) is 54.6 Å². The molecular formula is C17H20ClN3O. The number of hydrogen-bond donors (Lipinski definition) is 3. The van der Waals surface area contributed by atoms with Gasteiger partial charge in [0.2, 0.25) is 5.91 Å². The minimum atomic E-state index is -0.363. The maximum absolute atomic E-state index is 12.3. The summed E-state index contributed by atoms with van der Waals surface area (Å²) in [4.78, 5) is 12.3. The highest BCUT2D eigenvalue weighted by Crippen LogP contribution is 2.21. The van der Waals surface area contributed by atoms with Crippen LogP contribution in [0.5, 0.6) is 0 Å². The van der Waals surface area contributed by atoms with Crippen molar-refractivity contribution >= 4 is 24.3 Å². The van der Waals surface area contributed by atoms with Crippen molar-refractivity contribution < 1.29 is 4.79 Å². The smallest absolute Gasteiger partial charge is 0.234 e. The molecule has 22 heavy (non-hydrogen) atoms. The second-order valence-corrected chi connectivity index (χ2v) is 5.06. The van der Waals surface area contributed by atoms with Crippen molar-refractivity contribution in [3.63, 3.8) is 0 Å². The number of halogens is 1. The Labute approximate surface area is 136 Å². The van der Waals surface area contributed by atoms with Gasteiger partial charge in [-0.3, -0.25) is 15.5 Å². The molecule has 0 unspecified atom stereocenters. The highest BCUT2D eigenvalue weighted by atomic mass is 35.5. The fourth-order valence-corrected chi connectivity index (χ4v) is 2.23. The third-order valence-corrected chi connectivity index (χ3v) is 3.34. The Morgan fingerprint density at radius 1 is 1.14 bits per heavy atom. The monoisotopic (exact) mass is 317 g/mol. The van der Waals surface area contributed by atoms with Gasteiger partial charge in [-0.05, 0) is 24.5 Å². The Morgan fingerprint density at radius 2 is 1.73 bits per heavy atom. The molecule has 1 amide bonds. The van der Waals surface area contributed by atoms with E-state index >= 15 is 0 Å². The van der Waals surface area contributed by atoms with E-state index in [-0.39, 0.29) is 30.2 Å². The molecule has 2 aromatic rings. The first-order valence-electron chi connectivity index (χ1n) is 6.81. The van der Waals surface area contributed by atoms with Crippen molar-refractivity contribution in [1.82, 2.24) is 5.32 Å². The van der Waals surface area contributed by atoms with Gasteiger partial charge in [-0.1, -0.05) is 60.2 Å². The van der Waals surface area contributed by atoms with E-state index in [1.807, 2.05) is 61.5 Å². The van der Waals surface area contributed by atoms with E-state index in [0.717, 1.165) is 11.1 Å². The molecule has 1 atom stereocenters. The standard InChI is InChI=1S/C17H19N3O.ClH/c1-12-7-9-13(10-8-12)11-15(16(21)20-17(18)19)14-5-3-2-4-6-14;/h2-10,15H,11H2,1H3,(H4,18,19,20,21);1H/t15-;/m1./s1. The van der Waals surface area contributed by atoms with Crippen LogP contribution in [0.2, 0.25) is 0 Å². The van der Waals surface area contributed by atoms with Crippen LogP contribution < -0.4 is 11.1 Å². The van der Waals surface area contributed by atoms with Gasteiger partial charge in [-0.2, -0.15) is 0 Å². The molecule has 0 aliphatic carbocycles. The normalized spacial score (nSPS) is 11.1. The lowest BCUT2D eigenvalue weighted by atomic mass is 9.91. The van der Waals surface area contributed by atoms with Crippen LogP contribution in [-0.4, -0.2) is 11.9 Å². The molecule has 0 heterocycles. The predicted molar refractivity (Wildman–Crippen MR) is 91.4 cm³/mol. The SMILES string of the molecule is Cc1ccc(C[C@@H](C(=O)NC(=N)N)c2ccccc2)cc1.Cl. The number of carbonyl (C=O) groups is 1. The molecule has 2 rings (SSSR count). The highest BCUT2D eigenvalue weighted by molar-refractivity contribution is 5.98. The fraction of sp³-hybridized carbons (Fsp3) is 0.176. The molecule has 4 N–H and O–H groups in total. The number of amides is 1. The van der Waals surface area contributed by atoms with E-state index in [4.69, 9.17) is 11.1 Å². The van der Waals surface area contributed by atoms with Gasteiger partial charge in [0.15, 0.2) is 5.96 Å². The predicted octanol–water partition coefficient (Wildman–Crippen LogP) is 2.75. The quantitative estimate of drug-likeness (QED) is 0.599. The van der Waals surface area contributed by atoms with Gasteiger partial charge in [0.1, 0.15) is 0 Å². The van der Waals surface area contributed by atoms with Crippen molar-refractivity contribution in [1.29, 1.82) is 5.41 Å². The molecule has 0 saturated carbocycles. The van der Waals surface area contributed by atoms with Gasteiger partial charge in [-0.25, -0.2) is 0 Å². The topological polar surface area (TPSA) is 79.0 Å². The molecule has 116 valence electrons. The largest absolute Gasteiger partial charge is 0.370 e. The number of hydrogen-bond acceptors (Lipinski definition) is 2. The summed E-state index contributed by atoms with van der Waals surface area (Å²) in [5.41, 5.74) is 8.45. The number of nitrogens with one attached hydrogen (secondary N) is 2. The molecular weight excluding hydrogens is 298 g/mol. The van der Waals surface area contributed by atoms with Gasteiger partial charge in [-0.15, -0.1) is 12.4 Å². The molecule has 0 spiro atoms. The number of rotatable bonds is 4. The average Bonchev–Trinajstić information content (AvgIpc) is 2.46. The highest BCUT2D eigenvalue weighted by Gasteiger charge is 2.21. The molecule has 2 aromatic carbocycles. The van der Waals surface area contributed by atoms with Gasteiger partial charge < -0.3 is 5.73 Å². The lowest BCUT2D eigenvalue weighted by Gasteiger charge is -2.17. The molecule has 0 saturated heterocycles. The minimum absolute atomic E-state index is 0. The molecule has 0 aliphatic heterocycles. The van der Waals surface area contributed by atoms with Crippen molar-refractivity contribution in [2.24, 2.45) is 5.73 Å². The van der Waals surface area contributed by atoms with Crippen molar-refractivity contribution in [2.45, 2.75) is 19.3 Å². The van der Waals surface area contributed by atoms with Crippen LogP contribution in [-0.2, 0) is 11.2 Å². The van der Waals surface area contributed by atoms with E-state index < -0.39 is 0 Å². The maximum Gasteiger partial charge on any atom is 0.234 e. The van der Waals surface area contributed by atoms with Crippen molar-refractivity contribution in [3.8, 4) is 0 Å². The summed E-state index contributed by atoms with van der Waals surface area (Å²) in [6.45, 7) is 2.03. The number of nitrogens with two attached hydrogens (primary N) is 1. The number of guanidine groups is 1. The maximum atomic E-state index is 12.3. The van der Waals surface area contributed by atoms with Crippen LogP contribution in [0.1, 0.15) is 22.6 Å². The Morgan fingerprint density at radius 3 is 2.27 bits per heavy atom. The zero-order chi connectivity index (χ0) is 15.2. The third kappa shape index (κ3) is 4.90. The zero-order valence-electron chi connectivity index (χ0n) is 12.4. The summed E-state index contributed by atoms with van der Waals surface area (Å²) in [7, 11) is 0. The minimum Gasteiger partial charge on any atom is -0.370 e. The summed E-state index contributed by atoms with van der Waals surface area (Å²) in [5.74, 6) is -0.947. The number of benzene rings is 2. The lowest BCUT2D eigenvalue weighted by molar-refractivity contribution is -0.121. The molecule has 0 aliphatic rings. The summed E-state index contributed by atoms with van der Waals surface area (Å²) < 4.78 is 0. The van der Waals surface area contributed by atoms with E-state index in [0.29, 0.717) is 6.42 Å². The Bertz CT molecular complexity index is 626. The number of aryl methyl sites for hydroxylation is 1. The first kappa shape index (κ1) is 17.7. The first-order chi connectivity index (χ1) is 10.1. The van der Waals surface area contributed by atoms with Crippen LogP contribution in [0.3, 0.4) is 0 Å². The van der Waals surface area contributed by atoms with Crippen LogP contribution in [0.25, 0.3) is 0 Å². The second-order valence-electron chi connectivity index (χ2n) is 5.06. The van der Waals surface area contributed by atoms with E-state index in [1.165, 1.54) is 5.56 Å². The zero-order valence-corrected chi connectivity index (χ0v) is 13.2. The van der Waals surface area contributed by atoms with E-state index in [9.17, 15) is 4.79 Å². The van der Waals surface area contributed by atoms with E-state index in [2.05, 4.69) is 5.32 Å². The fourth-order valence-electron chi connectivity index (χ4n) is 2.23. The second kappa shape index (κ2) is 8.20. The summed E-state index contributed by atoms with van der Waals surface area (Å²) in [6.07, 6.45) is 0.573. The molecule has 5 heteroatoms. The van der Waals surface area contributed by atoms with Gasteiger partial charge >= 0.3 is 0 Å². The molecule has 0 aromatic heterocycles. The van der Waals surface area contributed by atoms with Crippen LogP contribution in [0.4, 0.5) is 0 Å². The Kier molecular flexibility index (Phi) is 6.60. The number of carbonyl (C=O) groups excluding carboxylic acids is 1. The molecule has 0 fully saturated rings. The molecule has 0 bridgehead atoms. The Balaban J connectivity index is 0.00000242. The summed E-state index contributed by atoms with van der Waals surface area (Å²) >= 11 is 0. The Hall–Kier alpha value is -2.33. The third-order valence-electron chi connectivity index (χ3n) is 3.34. The summed E-state index contributed by atoms with van der Waals surface area (Å²) in [6, 6.07) is 17.6. The van der Waals surface area contributed by atoms with Crippen molar-refractivity contribution in [2.75, 3.05) is 0 Å². The van der Waals surface area contributed by atoms with Gasteiger partial charge in [0.25, 0.3) is 0 Å². The molecule has 4 nitrogen and oxygen atoms in total. The average molecular weight is 318 g/mol. The first-order valence-corrected chi connectivity index (χ1v) is 6.81. The molecule has 0 radical (unpaired) electrons. The van der Waals surface area contributed by atoms with Gasteiger partial charge in [0.05, 0.1) is 5.92 Å². The van der Waals surface area contributed by atoms with Crippen LogP contribution in [0, 0.1) is 12.3 Å². The van der Waals surface area contributed by atoms with Gasteiger partial charge in [0, 0.05) is 0 Å². The van der Waals surface area contributed by atoms with Crippen molar-refractivity contribution in [3.05, 3.63) is 71.3 Å². The summed E-state index contributed by atoms with van der Waals surface area (Å²) in [5, 5.41) is 9.63.